The maximum atomic E-state index is 5.79. The fraction of sp³-hybridized carbons (Fsp3) is 0.200. The molecule has 15 heavy (non-hydrogen) atoms. The molecule has 0 saturated heterocycles. The standard InChI is InChI=1S/C10H11N5/c1-7(11)8-9(13-6-5-12-8)10-14-3-2-4-15-10/h2-7H,11H2,1H3/t7-/m1/s1. The monoisotopic (exact) mass is 201 g/mol. The third kappa shape index (κ3) is 1.97. The van der Waals surface area contributed by atoms with Crippen LogP contribution in [-0.2, 0) is 0 Å². The Morgan fingerprint density at radius 1 is 1.00 bits per heavy atom. The van der Waals surface area contributed by atoms with E-state index in [9.17, 15) is 0 Å². The van der Waals surface area contributed by atoms with Crippen molar-refractivity contribution in [3.05, 3.63) is 36.5 Å². The number of hydrogen-bond donors (Lipinski definition) is 1. The average Bonchev–Trinajstić information content (AvgIpc) is 2.30. The number of nitrogens with two attached hydrogens (primary N) is 1. The summed E-state index contributed by atoms with van der Waals surface area (Å²) in [6.07, 6.45) is 6.56. The Hall–Kier alpha value is -1.88. The van der Waals surface area contributed by atoms with E-state index in [-0.39, 0.29) is 6.04 Å². The van der Waals surface area contributed by atoms with Gasteiger partial charge in [-0.1, -0.05) is 0 Å². The van der Waals surface area contributed by atoms with E-state index >= 15 is 0 Å². The van der Waals surface area contributed by atoms with E-state index in [0.717, 1.165) is 0 Å². The lowest BCUT2D eigenvalue weighted by Crippen LogP contribution is -2.10. The van der Waals surface area contributed by atoms with Crippen molar-refractivity contribution in [2.75, 3.05) is 0 Å². The van der Waals surface area contributed by atoms with Gasteiger partial charge in [0, 0.05) is 30.8 Å². The Kier molecular flexibility index (Phi) is 2.64. The summed E-state index contributed by atoms with van der Waals surface area (Å²) in [6.45, 7) is 1.86. The van der Waals surface area contributed by atoms with E-state index < -0.39 is 0 Å². The molecule has 2 heterocycles. The van der Waals surface area contributed by atoms with Crippen LogP contribution in [0.25, 0.3) is 11.5 Å². The minimum Gasteiger partial charge on any atom is -0.323 e. The zero-order chi connectivity index (χ0) is 10.7. The van der Waals surface area contributed by atoms with Gasteiger partial charge in [0.15, 0.2) is 5.82 Å². The number of hydrogen-bond acceptors (Lipinski definition) is 5. The highest BCUT2D eigenvalue weighted by molar-refractivity contribution is 5.52. The molecule has 0 aliphatic carbocycles. The molecule has 0 aliphatic rings. The van der Waals surface area contributed by atoms with Crippen LogP contribution in [0.5, 0.6) is 0 Å². The lowest BCUT2D eigenvalue weighted by molar-refractivity contribution is 0.773. The van der Waals surface area contributed by atoms with Crippen LogP contribution in [0.15, 0.2) is 30.9 Å². The summed E-state index contributed by atoms with van der Waals surface area (Å²) in [5.41, 5.74) is 7.15. The molecular formula is C10H11N5. The largest absolute Gasteiger partial charge is 0.323 e. The van der Waals surface area contributed by atoms with Gasteiger partial charge in [-0.3, -0.25) is 4.98 Å². The smallest absolute Gasteiger partial charge is 0.180 e. The van der Waals surface area contributed by atoms with E-state index in [4.69, 9.17) is 5.73 Å². The molecule has 2 aromatic heterocycles. The third-order valence-electron chi connectivity index (χ3n) is 1.94. The topological polar surface area (TPSA) is 77.6 Å². The van der Waals surface area contributed by atoms with Gasteiger partial charge >= 0.3 is 0 Å². The molecule has 76 valence electrons. The summed E-state index contributed by atoms with van der Waals surface area (Å²) in [5.74, 6) is 0.554. The fourth-order valence-corrected chi connectivity index (χ4v) is 1.28. The minimum absolute atomic E-state index is 0.183. The van der Waals surface area contributed by atoms with Crippen LogP contribution in [0.2, 0.25) is 0 Å². The molecular weight excluding hydrogens is 190 g/mol. The van der Waals surface area contributed by atoms with Gasteiger partial charge < -0.3 is 5.73 Å². The Morgan fingerprint density at radius 2 is 1.67 bits per heavy atom. The Bertz CT molecular complexity index is 441. The molecule has 5 heteroatoms. The first-order valence-electron chi connectivity index (χ1n) is 4.63. The van der Waals surface area contributed by atoms with Gasteiger partial charge in [-0.25, -0.2) is 15.0 Å². The van der Waals surface area contributed by atoms with E-state index in [0.29, 0.717) is 17.2 Å². The molecule has 0 aliphatic heterocycles. The maximum Gasteiger partial charge on any atom is 0.180 e. The van der Waals surface area contributed by atoms with E-state index in [1.807, 2.05) is 6.92 Å². The van der Waals surface area contributed by atoms with Crippen molar-refractivity contribution in [1.82, 2.24) is 19.9 Å². The third-order valence-corrected chi connectivity index (χ3v) is 1.94. The summed E-state index contributed by atoms with van der Waals surface area (Å²) in [7, 11) is 0. The van der Waals surface area contributed by atoms with Gasteiger partial charge in [0.05, 0.1) is 5.69 Å². The number of rotatable bonds is 2. The molecule has 0 amide bonds. The van der Waals surface area contributed by atoms with Crippen LogP contribution in [0, 0.1) is 0 Å². The van der Waals surface area contributed by atoms with Crippen LogP contribution in [0.1, 0.15) is 18.7 Å². The van der Waals surface area contributed by atoms with Gasteiger partial charge in [-0.2, -0.15) is 0 Å². The van der Waals surface area contributed by atoms with Crippen molar-refractivity contribution < 1.29 is 0 Å². The molecule has 0 saturated carbocycles. The molecule has 5 nitrogen and oxygen atoms in total. The van der Waals surface area contributed by atoms with Crippen molar-refractivity contribution in [2.45, 2.75) is 13.0 Å². The summed E-state index contributed by atoms with van der Waals surface area (Å²) >= 11 is 0. The molecule has 2 aromatic rings. The van der Waals surface area contributed by atoms with Gasteiger partial charge in [0.25, 0.3) is 0 Å². The zero-order valence-electron chi connectivity index (χ0n) is 8.33. The number of aromatic nitrogens is 4. The van der Waals surface area contributed by atoms with Crippen molar-refractivity contribution in [3.63, 3.8) is 0 Å². The second kappa shape index (κ2) is 4.10. The Labute approximate surface area is 87.4 Å². The molecule has 0 spiro atoms. The van der Waals surface area contributed by atoms with E-state index in [1.165, 1.54) is 0 Å². The maximum absolute atomic E-state index is 5.79. The highest BCUT2D eigenvalue weighted by atomic mass is 14.9. The lowest BCUT2D eigenvalue weighted by Gasteiger charge is -2.08. The molecule has 0 radical (unpaired) electrons. The molecule has 1 atom stereocenters. The molecule has 0 unspecified atom stereocenters. The molecule has 0 aromatic carbocycles. The summed E-state index contributed by atoms with van der Waals surface area (Å²) < 4.78 is 0. The fourth-order valence-electron chi connectivity index (χ4n) is 1.28. The average molecular weight is 201 g/mol. The molecule has 0 bridgehead atoms. The first kappa shape index (κ1) is 9.67. The first-order valence-corrected chi connectivity index (χ1v) is 4.63. The van der Waals surface area contributed by atoms with Crippen molar-refractivity contribution in [1.29, 1.82) is 0 Å². The van der Waals surface area contributed by atoms with Gasteiger partial charge in [-0.15, -0.1) is 0 Å². The quantitative estimate of drug-likeness (QED) is 0.782. The van der Waals surface area contributed by atoms with Crippen LogP contribution < -0.4 is 5.73 Å². The van der Waals surface area contributed by atoms with Crippen molar-refractivity contribution in [2.24, 2.45) is 5.73 Å². The molecule has 2 N–H and O–H groups in total. The SMILES string of the molecule is C[C@@H](N)c1nccnc1-c1ncccn1. The second-order valence-corrected chi connectivity index (χ2v) is 3.15. The summed E-state index contributed by atoms with van der Waals surface area (Å²) in [6, 6.07) is 1.57. The van der Waals surface area contributed by atoms with Crippen molar-refractivity contribution in [3.8, 4) is 11.5 Å². The molecule has 2 rings (SSSR count). The highest BCUT2D eigenvalue weighted by Gasteiger charge is 2.12. The highest BCUT2D eigenvalue weighted by Crippen LogP contribution is 2.18. The van der Waals surface area contributed by atoms with Crippen LogP contribution in [-0.4, -0.2) is 19.9 Å². The van der Waals surface area contributed by atoms with Gasteiger partial charge in [0.1, 0.15) is 5.69 Å². The second-order valence-electron chi connectivity index (χ2n) is 3.15. The predicted molar refractivity (Wildman–Crippen MR) is 55.7 cm³/mol. The first-order chi connectivity index (χ1) is 7.29. The zero-order valence-corrected chi connectivity index (χ0v) is 8.33. The predicted octanol–water partition coefficient (Wildman–Crippen LogP) is 0.953. The van der Waals surface area contributed by atoms with Crippen LogP contribution in [0.4, 0.5) is 0 Å². The minimum atomic E-state index is -0.183. The summed E-state index contributed by atoms with van der Waals surface area (Å²) in [5, 5.41) is 0. The van der Waals surface area contributed by atoms with E-state index in [1.54, 1.807) is 30.9 Å². The van der Waals surface area contributed by atoms with Crippen LogP contribution >= 0.6 is 0 Å². The van der Waals surface area contributed by atoms with Gasteiger partial charge in [-0.05, 0) is 13.0 Å². The van der Waals surface area contributed by atoms with Crippen molar-refractivity contribution >= 4 is 0 Å². The molecule has 0 fully saturated rings. The number of nitrogens with zero attached hydrogens (tertiary/aromatic N) is 4. The van der Waals surface area contributed by atoms with Crippen LogP contribution in [0.3, 0.4) is 0 Å². The normalized spacial score (nSPS) is 12.4. The van der Waals surface area contributed by atoms with E-state index in [2.05, 4.69) is 19.9 Å². The Balaban J connectivity index is 2.53. The van der Waals surface area contributed by atoms with Gasteiger partial charge in [0.2, 0.25) is 0 Å². The summed E-state index contributed by atoms with van der Waals surface area (Å²) in [4.78, 5) is 16.6. The lowest BCUT2D eigenvalue weighted by atomic mass is 10.2. The Morgan fingerprint density at radius 3 is 2.33 bits per heavy atom.